The first-order chi connectivity index (χ1) is 16.1. The minimum absolute atomic E-state index is 0.0307. The Morgan fingerprint density at radius 2 is 1.85 bits per heavy atom. The highest BCUT2D eigenvalue weighted by molar-refractivity contribution is 6.04. The van der Waals surface area contributed by atoms with Crippen LogP contribution in [0.2, 0.25) is 0 Å². The fourth-order valence-corrected chi connectivity index (χ4v) is 3.62. The van der Waals surface area contributed by atoms with E-state index in [-0.39, 0.29) is 29.4 Å². The van der Waals surface area contributed by atoms with Gasteiger partial charge >= 0.3 is 6.18 Å². The Morgan fingerprint density at radius 3 is 2.53 bits per heavy atom. The number of carbonyl (C=O) groups excluding carboxylic acids is 2. The number of halogens is 3. The average molecular weight is 471 g/mol. The number of amides is 2. The van der Waals surface area contributed by atoms with Gasteiger partial charge < -0.3 is 16.0 Å². The molecule has 2 amide bonds. The Hall–Kier alpha value is -4.15. The van der Waals surface area contributed by atoms with Crippen LogP contribution in [0, 0.1) is 0 Å². The Balaban J connectivity index is 1.60. The second kappa shape index (κ2) is 9.00. The van der Waals surface area contributed by atoms with Gasteiger partial charge in [0.25, 0.3) is 5.56 Å². The van der Waals surface area contributed by atoms with Gasteiger partial charge in [0, 0.05) is 17.8 Å². The van der Waals surface area contributed by atoms with Crippen LogP contribution in [0.15, 0.2) is 53.3 Å². The normalized spacial score (nSPS) is 15.3. The number of hydrogen-bond acceptors (Lipinski definition) is 5. The number of anilines is 4. The summed E-state index contributed by atoms with van der Waals surface area (Å²) >= 11 is 0. The number of aryl methyl sites for hydroxylation is 1. The van der Waals surface area contributed by atoms with E-state index in [0.29, 0.717) is 5.69 Å². The lowest BCUT2D eigenvalue weighted by Crippen LogP contribution is -2.36. The molecular weight excluding hydrogens is 451 g/mol. The van der Waals surface area contributed by atoms with Gasteiger partial charge in [-0.1, -0.05) is 25.1 Å². The van der Waals surface area contributed by atoms with Gasteiger partial charge in [0.05, 0.1) is 17.0 Å². The van der Waals surface area contributed by atoms with Crippen LogP contribution in [0.25, 0.3) is 0 Å². The molecule has 1 aromatic heterocycles. The number of aromatic amines is 1. The number of H-pyrrole nitrogens is 1. The summed E-state index contributed by atoms with van der Waals surface area (Å²) in [5.41, 5.74) is 0.0290. The molecule has 8 nitrogen and oxygen atoms in total. The second-order valence-corrected chi connectivity index (χ2v) is 7.72. The zero-order chi connectivity index (χ0) is 24.5. The van der Waals surface area contributed by atoms with E-state index >= 15 is 0 Å². The summed E-state index contributed by atoms with van der Waals surface area (Å²) in [5, 5.41) is 7.76. The maximum absolute atomic E-state index is 13.0. The lowest BCUT2D eigenvalue weighted by molar-refractivity contribution is -0.137. The third-order valence-electron chi connectivity index (χ3n) is 5.35. The van der Waals surface area contributed by atoms with E-state index < -0.39 is 35.0 Å². The summed E-state index contributed by atoms with van der Waals surface area (Å²) in [4.78, 5) is 44.5. The fourth-order valence-electron chi connectivity index (χ4n) is 3.62. The molecular formula is C23H20F3N5O3. The van der Waals surface area contributed by atoms with E-state index in [0.717, 1.165) is 24.1 Å². The van der Waals surface area contributed by atoms with Crippen LogP contribution in [0.1, 0.15) is 36.0 Å². The van der Waals surface area contributed by atoms with E-state index in [2.05, 4.69) is 25.9 Å². The Kier molecular flexibility index (Phi) is 6.10. The summed E-state index contributed by atoms with van der Waals surface area (Å²) in [5.74, 6) is -2.47. The molecule has 0 bridgehead atoms. The molecule has 0 fully saturated rings. The van der Waals surface area contributed by atoms with Crippen LogP contribution in [-0.2, 0) is 22.2 Å². The smallest absolute Gasteiger partial charge is 0.326 e. The second-order valence-electron chi connectivity index (χ2n) is 7.72. The Labute approximate surface area is 191 Å². The van der Waals surface area contributed by atoms with Crippen molar-refractivity contribution in [1.29, 1.82) is 0 Å². The lowest BCUT2D eigenvalue weighted by Gasteiger charge is -2.23. The summed E-state index contributed by atoms with van der Waals surface area (Å²) in [7, 11) is 0. The summed E-state index contributed by atoms with van der Waals surface area (Å²) < 4.78 is 38.9. The first kappa shape index (κ1) is 23.0. The molecule has 2 aromatic carbocycles. The predicted octanol–water partition coefficient (Wildman–Crippen LogP) is 4.16. The van der Waals surface area contributed by atoms with Crippen LogP contribution < -0.4 is 21.5 Å². The molecule has 0 unspecified atom stereocenters. The van der Waals surface area contributed by atoms with E-state index in [1.807, 2.05) is 19.1 Å². The highest BCUT2D eigenvalue weighted by Crippen LogP contribution is 2.32. The molecule has 11 heteroatoms. The van der Waals surface area contributed by atoms with Crippen LogP contribution in [0.4, 0.5) is 36.3 Å². The highest BCUT2D eigenvalue weighted by Gasteiger charge is 2.35. The monoisotopic (exact) mass is 471 g/mol. The first-order valence-corrected chi connectivity index (χ1v) is 10.4. The van der Waals surface area contributed by atoms with Crippen LogP contribution >= 0.6 is 0 Å². The molecule has 1 aliphatic heterocycles. The van der Waals surface area contributed by atoms with Crippen molar-refractivity contribution in [2.75, 3.05) is 16.0 Å². The summed E-state index contributed by atoms with van der Waals surface area (Å²) in [6.07, 6.45) is -3.96. The van der Waals surface area contributed by atoms with Gasteiger partial charge in [0.1, 0.15) is 5.82 Å². The summed E-state index contributed by atoms with van der Waals surface area (Å²) in [6.45, 7) is 2.00. The molecule has 0 spiro atoms. The van der Waals surface area contributed by atoms with Crippen LogP contribution in [0.3, 0.4) is 0 Å². The molecule has 3 aromatic rings. The lowest BCUT2D eigenvalue weighted by atomic mass is 9.92. The quantitative estimate of drug-likeness (QED) is 0.446. The average Bonchev–Trinajstić information content (AvgIpc) is 2.78. The van der Waals surface area contributed by atoms with Gasteiger partial charge in [-0.05, 0) is 42.3 Å². The number of nitrogens with zero attached hydrogens (tertiary/aromatic N) is 1. The van der Waals surface area contributed by atoms with Crippen molar-refractivity contribution in [3.63, 3.8) is 0 Å². The van der Waals surface area contributed by atoms with Crippen molar-refractivity contribution in [1.82, 2.24) is 9.97 Å². The number of aromatic nitrogens is 2. The van der Waals surface area contributed by atoms with Crippen molar-refractivity contribution < 1.29 is 22.8 Å². The standard InChI is InChI=1S/C23H20F3N5O3/c1-2-12-6-8-14(9-7-12)27-20(33)16-11-17(32)29-19-18(16)21(34)31-22(30-19)28-15-5-3-4-13(10-15)23(24,25)26/h3-10,16H,2,11H2,1H3,(H,27,33)(H3,28,29,30,31,32,34)/t16-/m1/s1. The zero-order valence-electron chi connectivity index (χ0n) is 17.9. The zero-order valence-corrected chi connectivity index (χ0v) is 17.9. The molecule has 0 aliphatic carbocycles. The molecule has 34 heavy (non-hydrogen) atoms. The van der Waals surface area contributed by atoms with Crippen molar-refractivity contribution >= 4 is 35.0 Å². The molecule has 4 N–H and O–H groups in total. The van der Waals surface area contributed by atoms with Crippen LogP contribution in [0.5, 0.6) is 0 Å². The van der Waals surface area contributed by atoms with E-state index in [1.165, 1.54) is 12.1 Å². The number of alkyl halides is 3. The van der Waals surface area contributed by atoms with E-state index in [9.17, 15) is 27.6 Å². The molecule has 2 heterocycles. The van der Waals surface area contributed by atoms with Crippen molar-refractivity contribution in [2.24, 2.45) is 0 Å². The predicted molar refractivity (Wildman–Crippen MR) is 120 cm³/mol. The maximum atomic E-state index is 13.0. The molecule has 4 rings (SSSR count). The first-order valence-electron chi connectivity index (χ1n) is 10.4. The fraction of sp³-hybridized carbons (Fsp3) is 0.217. The largest absolute Gasteiger partial charge is 0.416 e. The molecule has 0 saturated heterocycles. The minimum atomic E-state index is -4.54. The topological polar surface area (TPSA) is 116 Å². The highest BCUT2D eigenvalue weighted by atomic mass is 19.4. The van der Waals surface area contributed by atoms with Crippen LogP contribution in [-0.4, -0.2) is 21.8 Å². The van der Waals surface area contributed by atoms with E-state index in [4.69, 9.17) is 0 Å². The number of rotatable bonds is 5. The van der Waals surface area contributed by atoms with Crippen molar-refractivity contribution in [3.05, 3.63) is 75.6 Å². The van der Waals surface area contributed by atoms with Gasteiger partial charge in [-0.3, -0.25) is 19.4 Å². The summed E-state index contributed by atoms with van der Waals surface area (Å²) in [6, 6.07) is 11.5. The number of carbonyl (C=O) groups is 2. The van der Waals surface area contributed by atoms with E-state index in [1.54, 1.807) is 12.1 Å². The molecule has 0 radical (unpaired) electrons. The van der Waals surface area contributed by atoms with Gasteiger partial charge in [-0.2, -0.15) is 18.2 Å². The van der Waals surface area contributed by atoms with Crippen molar-refractivity contribution in [3.8, 4) is 0 Å². The van der Waals surface area contributed by atoms with Gasteiger partial charge in [0.2, 0.25) is 17.8 Å². The van der Waals surface area contributed by atoms with Crippen molar-refractivity contribution in [2.45, 2.75) is 31.9 Å². The van der Waals surface area contributed by atoms with Gasteiger partial charge in [-0.25, -0.2) is 0 Å². The number of nitrogens with one attached hydrogen (secondary N) is 4. The Morgan fingerprint density at radius 1 is 1.12 bits per heavy atom. The Bertz CT molecular complexity index is 1300. The maximum Gasteiger partial charge on any atom is 0.416 e. The number of fused-ring (bicyclic) bond motifs is 1. The van der Waals surface area contributed by atoms with Gasteiger partial charge in [-0.15, -0.1) is 0 Å². The third-order valence-corrected chi connectivity index (χ3v) is 5.35. The molecule has 0 saturated carbocycles. The SMILES string of the molecule is CCc1ccc(NC(=O)[C@@H]2CC(=O)Nc3nc(Nc4cccc(C(F)(F)F)c4)[nH]c(=O)c32)cc1. The van der Waals surface area contributed by atoms with Gasteiger partial charge in [0.15, 0.2) is 0 Å². The minimum Gasteiger partial charge on any atom is -0.326 e. The molecule has 1 aliphatic rings. The number of benzene rings is 2. The third kappa shape index (κ3) is 4.92. The molecule has 176 valence electrons. The molecule has 1 atom stereocenters. The number of hydrogen-bond donors (Lipinski definition) is 4.